The van der Waals surface area contributed by atoms with Gasteiger partial charge in [-0.05, 0) is 108 Å². The zero-order chi connectivity index (χ0) is 36.3. The van der Waals surface area contributed by atoms with Gasteiger partial charge in [0.2, 0.25) is 0 Å². The van der Waals surface area contributed by atoms with Crippen LogP contribution in [0.4, 0.5) is 0 Å². The molecule has 0 spiro atoms. The molecule has 0 radical (unpaired) electrons. The molecule has 0 bridgehead atoms. The minimum Gasteiger partial charge on any atom is -0.309 e. The minimum atomic E-state index is 1.05. The summed E-state index contributed by atoms with van der Waals surface area (Å²) in [4.78, 5) is 0. The molecule has 258 valence electrons. The van der Waals surface area contributed by atoms with Crippen LogP contribution in [0.25, 0.3) is 83.5 Å². The molecule has 3 heterocycles. The summed E-state index contributed by atoms with van der Waals surface area (Å²) >= 11 is 11.1. The van der Waals surface area contributed by atoms with E-state index in [2.05, 4.69) is 243 Å². The Hall–Kier alpha value is -5.40. The first-order valence-electron chi connectivity index (χ1n) is 17.8. The SMILES string of the molecule is Brc1ccc(-c2cc3c(c4cc(-c5ccc(Br)cc5)n(-c5ccccc5)c4c4cc(-c5ccc(Br)cc5)n(-c5ccccc5)c34)n2-c2ccccc2)cc1. The van der Waals surface area contributed by atoms with Crippen molar-refractivity contribution in [3.05, 3.63) is 195 Å². The molecule has 3 aromatic heterocycles. The van der Waals surface area contributed by atoms with Crippen LogP contribution < -0.4 is 0 Å². The number of nitrogens with zero attached hydrogens (tertiary/aromatic N) is 3. The Morgan fingerprint density at radius 1 is 0.278 bits per heavy atom. The van der Waals surface area contributed by atoms with Crippen LogP contribution in [0.5, 0.6) is 0 Å². The van der Waals surface area contributed by atoms with Crippen molar-refractivity contribution in [3.8, 4) is 50.8 Å². The van der Waals surface area contributed by atoms with Crippen LogP contribution in [0.1, 0.15) is 0 Å². The third-order valence-corrected chi connectivity index (χ3v) is 11.8. The number of rotatable bonds is 6. The summed E-state index contributed by atoms with van der Waals surface area (Å²) in [6, 6.07) is 65.5. The zero-order valence-corrected chi connectivity index (χ0v) is 33.6. The molecule has 7 aromatic carbocycles. The highest BCUT2D eigenvalue weighted by atomic mass is 79.9. The maximum absolute atomic E-state index is 3.69. The van der Waals surface area contributed by atoms with Gasteiger partial charge in [-0.15, -0.1) is 0 Å². The summed E-state index contributed by atoms with van der Waals surface area (Å²) in [5.41, 5.74) is 13.6. The van der Waals surface area contributed by atoms with Crippen LogP contribution >= 0.6 is 47.8 Å². The molecule has 10 rings (SSSR count). The average Bonchev–Trinajstić information content (AvgIpc) is 3.92. The highest BCUT2D eigenvalue weighted by Crippen LogP contribution is 2.48. The van der Waals surface area contributed by atoms with E-state index in [0.717, 1.165) is 80.8 Å². The number of hydrogen-bond acceptors (Lipinski definition) is 0. The van der Waals surface area contributed by atoms with Crippen LogP contribution in [0.15, 0.2) is 195 Å². The lowest BCUT2D eigenvalue weighted by Gasteiger charge is -2.15. The van der Waals surface area contributed by atoms with E-state index in [4.69, 9.17) is 0 Å². The molecule has 0 unspecified atom stereocenters. The van der Waals surface area contributed by atoms with Gasteiger partial charge in [-0.2, -0.15) is 0 Å². The van der Waals surface area contributed by atoms with E-state index in [1.807, 2.05) is 0 Å². The van der Waals surface area contributed by atoms with Gasteiger partial charge >= 0.3 is 0 Å². The topological polar surface area (TPSA) is 14.8 Å². The number of fused-ring (bicyclic) bond motifs is 6. The van der Waals surface area contributed by atoms with E-state index in [9.17, 15) is 0 Å². The fraction of sp³-hybridized carbons (Fsp3) is 0. The fourth-order valence-corrected chi connectivity index (χ4v) is 8.70. The van der Waals surface area contributed by atoms with Crippen molar-refractivity contribution in [3.63, 3.8) is 0 Å². The van der Waals surface area contributed by atoms with E-state index in [1.165, 1.54) is 16.2 Å². The Morgan fingerprint density at radius 3 is 0.759 bits per heavy atom. The summed E-state index contributed by atoms with van der Waals surface area (Å²) in [5.74, 6) is 0. The van der Waals surface area contributed by atoms with Crippen LogP contribution in [-0.4, -0.2) is 13.7 Å². The molecule has 0 saturated carbocycles. The van der Waals surface area contributed by atoms with Gasteiger partial charge < -0.3 is 13.7 Å². The molecule has 0 N–H and O–H groups in total. The number of halogens is 3. The van der Waals surface area contributed by atoms with E-state index < -0.39 is 0 Å². The quantitative estimate of drug-likeness (QED) is 0.158. The predicted octanol–water partition coefficient (Wildman–Crippen LogP) is 14.8. The van der Waals surface area contributed by atoms with Crippen molar-refractivity contribution in [1.29, 1.82) is 0 Å². The van der Waals surface area contributed by atoms with Crippen LogP contribution in [-0.2, 0) is 0 Å². The predicted molar refractivity (Wildman–Crippen MR) is 236 cm³/mol. The Bertz CT molecular complexity index is 2600. The Kier molecular flexibility index (Phi) is 8.28. The van der Waals surface area contributed by atoms with Gasteiger partial charge in [0.05, 0.1) is 33.6 Å². The average molecular weight is 889 g/mol. The summed E-state index contributed by atoms with van der Waals surface area (Å²) < 4.78 is 10.5. The first kappa shape index (κ1) is 33.2. The fourth-order valence-electron chi connectivity index (χ4n) is 7.90. The van der Waals surface area contributed by atoms with Crippen molar-refractivity contribution in [2.24, 2.45) is 0 Å². The van der Waals surface area contributed by atoms with Crippen LogP contribution in [0, 0.1) is 0 Å². The molecule has 0 amide bonds. The van der Waals surface area contributed by atoms with Gasteiger partial charge in [0.1, 0.15) is 0 Å². The number of para-hydroxylation sites is 3. The zero-order valence-electron chi connectivity index (χ0n) is 28.8. The number of aromatic nitrogens is 3. The Balaban J connectivity index is 1.49. The number of benzene rings is 7. The molecule has 3 nitrogen and oxygen atoms in total. The molecular weight excluding hydrogens is 858 g/mol. The molecule has 6 heteroatoms. The van der Waals surface area contributed by atoms with Crippen molar-refractivity contribution < 1.29 is 0 Å². The first-order valence-corrected chi connectivity index (χ1v) is 20.1. The maximum atomic E-state index is 3.69. The summed E-state index contributed by atoms with van der Waals surface area (Å²) in [5, 5.41) is 3.54. The first-order chi connectivity index (χ1) is 26.5. The second kappa shape index (κ2) is 13.5. The molecule has 0 aliphatic rings. The standard InChI is InChI=1S/C48H30Br3N3/c49-34-22-16-31(17-23-34)43-28-40-46(52(43)37-10-4-1-5-11-37)41-29-44(32-18-24-35(50)25-19-32)53(38-12-6-2-7-13-38)48(41)42-30-45(33-20-26-36(51)27-21-33)54(47(40)42)39-14-8-3-9-15-39/h1-30H. The lowest BCUT2D eigenvalue weighted by atomic mass is 10.1. The van der Waals surface area contributed by atoms with Crippen molar-refractivity contribution in [2.75, 3.05) is 0 Å². The number of hydrogen-bond donors (Lipinski definition) is 0. The van der Waals surface area contributed by atoms with E-state index >= 15 is 0 Å². The highest BCUT2D eigenvalue weighted by Gasteiger charge is 2.27. The second-order valence-electron chi connectivity index (χ2n) is 13.4. The van der Waals surface area contributed by atoms with Crippen LogP contribution in [0.3, 0.4) is 0 Å². The monoisotopic (exact) mass is 885 g/mol. The van der Waals surface area contributed by atoms with Crippen molar-refractivity contribution in [2.45, 2.75) is 0 Å². The maximum Gasteiger partial charge on any atom is 0.0650 e. The van der Waals surface area contributed by atoms with Gasteiger partial charge in [0.25, 0.3) is 0 Å². The molecule has 0 aliphatic heterocycles. The van der Waals surface area contributed by atoms with E-state index in [0.29, 0.717) is 0 Å². The molecule has 10 aromatic rings. The van der Waals surface area contributed by atoms with Gasteiger partial charge in [0.15, 0.2) is 0 Å². The third-order valence-electron chi connectivity index (χ3n) is 10.2. The Morgan fingerprint density at radius 2 is 0.519 bits per heavy atom. The van der Waals surface area contributed by atoms with Gasteiger partial charge in [-0.3, -0.25) is 0 Å². The minimum absolute atomic E-state index is 1.05. The highest BCUT2D eigenvalue weighted by molar-refractivity contribution is 9.11. The Labute approximate surface area is 338 Å². The van der Waals surface area contributed by atoms with Crippen LogP contribution in [0.2, 0.25) is 0 Å². The lowest BCUT2D eigenvalue weighted by Crippen LogP contribution is -2.00. The molecule has 0 saturated heterocycles. The third kappa shape index (κ3) is 5.51. The van der Waals surface area contributed by atoms with Gasteiger partial charge in [-0.1, -0.05) is 139 Å². The van der Waals surface area contributed by atoms with Gasteiger partial charge in [-0.25, -0.2) is 0 Å². The van der Waals surface area contributed by atoms with Crippen molar-refractivity contribution in [1.82, 2.24) is 13.7 Å². The smallest absolute Gasteiger partial charge is 0.0650 e. The molecule has 0 fully saturated rings. The van der Waals surface area contributed by atoms with E-state index in [1.54, 1.807) is 0 Å². The molecular formula is C48H30Br3N3. The normalized spacial score (nSPS) is 11.6. The van der Waals surface area contributed by atoms with Gasteiger partial charge in [0, 0.05) is 46.6 Å². The second-order valence-corrected chi connectivity index (χ2v) is 16.2. The largest absolute Gasteiger partial charge is 0.309 e. The molecule has 0 aliphatic carbocycles. The van der Waals surface area contributed by atoms with Crippen molar-refractivity contribution >= 4 is 80.5 Å². The van der Waals surface area contributed by atoms with E-state index in [-0.39, 0.29) is 0 Å². The lowest BCUT2D eigenvalue weighted by molar-refractivity contribution is 1.13. The summed E-state index contributed by atoms with van der Waals surface area (Å²) in [6.07, 6.45) is 0. The summed E-state index contributed by atoms with van der Waals surface area (Å²) in [7, 11) is 0. The summed E-state index contributed by atoms with van der Waals surface area (Å²) in [6.45, 7) is 0. The molecule has 0 atom stereocenters. The molecule has 54 heavy (non-hydrogen) atoms.